The van der Waals surface area contributed by atoms with Crippen molar-refractivity contribution in [3.8, 4) is 0 Å². The third-order valence-corrected chi connectivity index (χ3v) is 4.08. The van der Waals surface area contributed by atoms with Crippen molar-refractivity contribution in [2.75, 3.05) is 6.54 Å². The Bertz CT molecular complexity index is 887. The van der Waals surface area contributed by atoms with Crippen molar-refractivity contribution in [2.45, 2.75) is 33.6 Å². The third-order valence-electron chi connectivity index (χ3n) is 4.08. The van der Waals surface area contributed by atoms with Gasteiger partial charge >= 0.3 is 5.63 Å². The first-order valence-electron chi connectivity index (χ1n) is 7.19. The molecule has 0 fully saturated rings. The molecule has 0 aliphatic rings. The van der Waals surface area contributed by atoms with Crippen molar-refractivity contribution in [1.82, 2.24) is 0 Å². The summed E-state index contributed by atoms with van der Waals surface area (Å²) >= 11 is 0. The molecule has 4 heteroatoms. The van der Waals surface area contributed by atoms with E-state index in [2.05, 4.69) is 13.0 Å². The average molecular weight is 285 g/mol. The second kappa shape index (κ2) is 5.04. The van der Waals surface area contributed by atoms with E-state index in [9.17, 15) is 4.79 Å². The van der Waals surface area contributed by atoms with Crippen LogP contribution in [0.4, 0.5) is 0 Å². The number of fused-ring (bicyclic) bond motifs is 2. The third kappa shape index (κ3) is 2.16. The normalized spacial score (nSPS) is 11.6. The number of hydrogen-bond donors (Lipinski definition) is 1. The van der Waals surface area contributed by atoms with Crippen molar-refractivity contribution in [3.05, 3.63) is 45.0 Å². The highest BCUT2D eigenvalue weighted by molar-refractivity contribution is 5.99. The van der Waals surface area contributed by atoms with Gasteiger partial charge in [-0.05, 0) is 50.9 Å². The molecule has 2 aromatic heterocycles. The van der Waals surface area contributed by atoms with E-state index in [0.717, 1.165) is 51.6 Å². The van der Waals surface area contributed by atoms with Gasteiger partial charge in [-0.2, -0.15) is 0 Å². The van der Waals surface area contributed by atoms with Gasteiger partial charge in [-0.1, -0.05) is 0 Å². The molecular formula is C17H19NO3. The molecule has 2 N–H and O–H groups in total. The number of nitrogens with two attached hydrogens (primary N) is 1. The van der Waals surface area contributed by atoms with Crippen molar-refractivity contribution in [1.29, 1.82) is 0 Å². The smallest absolute Gasteiger partial charge is 0.336 e. The fraction of sp³-hybridized carbons (Fsp3) is 0.353. The van der Waals surface area contributed by atoms with Crippen LogP contribution >= 0.6 is 0 Å². The fourth-order valence-electron chi connectivity index (χ4n) is 2.85. The zero-order chi connectivity index (χ0) is 15.1. The van der Waals surface area contributed by atoms with Crippen LogP contribution in [0, 0.1) is 20.8 Å². The van der Waals surface area contributed by atoms with Crippen LogP contribution in [0.3, 0.4) is 0 Å². The molecule has 0 bridgehead atoms. The number of benzene rings is 1. The Kier molecular flexibility index (Phi) is 3.33. The van der Waals surface area contributed by atoms with Crippen LogP contribution < -0.4 is 11.4 Å². The summed E-state index contributed by atoms with van der Waals surface area (Å²) in [6.07, 6.45) is 1.73. The molecular weight excluding hydrogens is 266 g/mol. The van der Waals surface area contributed by atoms with Gasteiger partial charge in [0.25, 0.3) is 0 Å². The highest BCUT2D eigenvalue weighted by Gasteiger charge is 2.16. The lowest BCUT2D eigenvalue weighted by atomic mass is 10.0. The predicted octanol–water partition coefficient (Wildman–Crippen LogP) is 3.36. The van der Waals surface area contributed by atoms with Gasteiger partial charge < -0.3 is 14.6 Å². The lowest BCUT2D eigenvalue weighted by molar-refractivity contribution is 0.530. The summed E-state index contributed by atoms with van der Waals surface area (Å²) in [6, 6.07) is 3.58. The summed E-state index contributed by atoms with van der Waals surface area (Å²) in [5.74, 6) is 0.967. The average Bonchev–Trinajstić information content (AvgIpc) is 2.76. The van der Waals surface area contributed by atoms with Gasteiger partial charge in [0.15, 0.2) is 0 Å². The van der Waals surface area contributed by atoms with E-state index in [1.807, 2.05) is 13.8 Å². The molecule has 0 unspecified atom stereocenters. The van der Waals surface area contributed by atoms with Crippen molar-refractivity contribution < 1.29 is 8.83 Å². The van der Waals surface area contributed by atoms with Crippen LogP contribution in [0.5, 0.6) is 0 Å². The molecule has 0 saturated carbocycles. The highest BCUT2D eigenvalue weighted by Crippen LogP contribution is 2.34. The number of aryl methyl sites for hydroxylation is 4. The van der Waals surface area contributed by atoms with Crippen LogP contribution in [0.15, 0.2) is 25.8 Å². The summed E-state index contributed by atoms with van der Waals surface area (Å²) in [4.78, 5) is 11.6. The van der Waals surface area contributed by atoms with Crippen LogP contribution in [0.1, 0.15) is 28.9 Å². The van der Waals surface area contributed by atoms with Crippen LogP contribution in [-0.4, -0.2) is 6.54 Å². The van der Waals surface area contributed by atoms with E-state index in [1.165, 1.54) is 6.07 Å². The van der Waals surface area contributed by atoms with Crippen molar-refractivity contribution in [3.63, 3.8) is 0 Å². The summed E-state index contributed by atoms with van der Waals surface area (Å²) in [6.45, 7) is 6.57. The molecule has 0 amide bonds. The Balaban J connectivity index is 2.36. The second-order valence-electron chi connectivity index (χ2n) is 5.55. The molecule has 0 radical (unpaired) electrons. The fourth-order valence-corrected chi connectivity index (χ4v) is 2.85. The predicted molar refractivity (Wildman–Crippen MR) is 83.8 cm³/mol. The van der Waals surface area contributed by atoms with Crippen LogP contribution in [0.2, 0.25) is 0 Å². The molecule has 0 spiro atoms. The topological polar surface area (TPSA) is 69.4 Å². The lowest BCUT2D eigenvalue weighted by Crippen LogP contribution is -2.00. The Morgan fingerprint density at radius 3 is 2.43 bits per heavy atom. The van der Waals surface area contributed by atoms with E-state index in [4.69, 9.17) is 14.6 Å². The van der Waals surface area contributed by atoms with Gasteiger partial charge in [-0.3, -0.25) is 0 Å². The van der Waals surface area contributed by atoms with Crippen LogP contribution in [-0.2, 0) is 6.42 Å². The SMILES string of the molecule is Cc1cc(=O)oc2c(C)c3oc(CCCN)c(C)c3cc12. The van der Waals surface area contributed by atoms with Crippen LogP contribution in [0.25, 0.3) is 21.9 Å². The quantitative estimate of drug-likeness (QED) is 0.749. The molecule has 21 heavy (non-hydrogen) atoms. The largest absolute Gasteiger partial charge is 0.460 e. The van der Waals surface area contributed by atoms with E-state index >= 15 is 0 Å². The monoisotopic (exact) mass is 285 g/mol. The van der Waals surface area contributed by atoms with Gasteiger partial charge in [-0.15, -0.1) is 0 Å². The molecule has 0 atom stereocenters. The Hall–Kier alpha value is -2.07. The molecule has 0 saturated heterocycles. The molecule has 2 heterocycles. The molecule has 0 aliphatic carbocycles. The molecule has 0 aliphatic heterocycles. The van der Waals surface area contributed by atoms with Gasteiger partial charge in [0, 0.05) is 28.8 Å². The van der Waals surface area contributed by atoms with E-state index in [1.54, 1.807) is 0 Å². The highest BCUT2D eigenvalue weighted by atomic mass is 16.4. The first-order chi connectivity index (χ1) is 10.0. The Labute approximate surface area is 122 Å². The Morgan fingerprint density at radius 2 is 1.71 bits per heavy atom. The summed E-state index contributed by atoms with van der Waals surface area (Å²) in [7, 11) is 0. The van der Waals surface area contributed by atoms with Crippen molar-refractivity contribution >= 4 is 21.9 Å². The minimum Gasteiger partial charge on any atom is -0.460 e. The van der Waals surface area contributed by atoms with Gasteiger partial charge in [0.05, 0.1) is 0 Å². The van der Waals surface area contributed by atoms with Gasteiger partial charge in [0.1, 0.15) is 16.9 Å². The Morgan fingerprint density at radius 1 is 1.00 bits per heavy atom. The first-order valence-corrected chi connectivity index (χ1v) is 7.19. The standard InChI is InChI=1S/C17H19NO3/c1-9-7-15(19)21-16-11(3)17-13(8-12(9)16)10(2)14(20-17)5-4-6-18/h7-8H,4-6,18H2,1-3H3. The molecule has 3 aromatic rings. The first kappa shape index (κ1) is 13.9. The molecule has 1 aromatic carbocycles. The second-order valence-corrected chi connectivity index (χ2v) is 5.55. The minimum atomic E-state index is -0.325. The zero-order valence-corrected chi connectivity index (χ0v) is 12.6. The molecule has 3 rings (SSSR count). The number of rotatable bonds is 3. The van der Waals surface area contributed by atoms with Gasteiger partial charge in [0.2, 0.25) is 0 Å². The molecule has 4 nitrogen and oxygen atoms in total. The molecule has 110 valence electrons. The lowest BCUT2D eigenvalue weighted by Gasteiger charge is -2.04. The minimum absolute atomic E-state index is 0.325. The summed E-state index contributed by atoms with van der Waals surface area (Å²) in [5.41, 5.74) is 9.63. The maximum absolute atomic E-state index is 11.6. The zero-order valence-electron chi connectivity index (χ0n) is 12.6. The maximum Gasteiger partial charge on any atom is 0.336 e. The van der Waals surface area contributed by atoms with Gasteiger partial charge in [-0.25, -0.2) is 4.79 Å². The van der Waals surface area contributed by atoms with E-state index < -0.39 is 0 Å². The van der Waals surface area contributed by atoms with E-state index in [0.29, 0.717) is 12.1 Å². The number of hydrogen-bond acceptors (Lipinski definition) is 4. The number of furan rings is 1. The maximum atomic E-state index is 11.6. The van der Waals surface area contributed by atoms with E-state index in [-0.39, 0.29) is 5.63 Å². The summed E-state index contributed by atoms with van der Waals surface area (Å²) < 4.78 is 11.4. The summed E-state index contributed by atoms with van der Waals surface area (Å²) in [5, 5.41) is 2.05. The van der Waals surface area contributed by atoms with Crippen molar-refractivity contribution in [2.24, 2.45) is 5.73 Å².